The van der Waals surface area contributed by atoms with Crippen molar-refractivity contribution >= 4 is 24.7 Å². The molecule has 2 nitrogen and oxygen atoms in total. The Bertz CT molecular complexity index is 253. The van der Waals surface area contributed by atoms with Crippen molar-refractivity contribution < 1.29 is 9.22 Å². The van der Waals surface area contributed by atoms with Crippen molar-refractivity contribution in [3.8, 4) is 5.75 Å². The van der Waals surface area contributed by atoms with Gasteiger partial charge in [0, 0.05) is 5.19 Å². The molecule has 0 aliphatic carbocycles. The topological polar surface area (TPSA) is 29.5 Å². The zero-order chi connectivity index (χ0) is 9.52. The molecular formula is C9H16O2Si2. The maximum absolute atomic E-state index is 9.44. The highest BCUT2D eigenvalue weighted by molar-refractivity contribution is 6.55. The van der Waals surface area contributed by atoms with Gasteiger partial charge in [-0.3, -0.25) is 0 Å². The van der Waals surface area contributed by atoms with E-state index in [-0.39, 0.29) is 9.76 Å². The Morgan fingerprint density at radius 2 is 2.15 bits per heavy atom. The van der Waals surface area contributed by atoms with Gasteiger partial charge in [-0.1, -0.05) is 31.5 Å². The number of hydrogen-bond acceptors (Lipinski definition) is 2. The van der Waals surface area contributed by atoms with Crippen LogP contribution in [0.5, 0.6) is 5.75 Å². The third-order valence-corrected chi connectivity index (χ3v) is 5.77. The van der Waals surface area contributed by atoms with Crippen LogP contribution in [0.3, 0.4) is 0 Å². The van der Waals surface area contributed by atoms with Crippen LogP contribution in [0.2, 0.25) is 6.04 Å². The average Bonchev–Trinajstić information content (AvgIpc) is 2.15. The Balaban J connectivity index is 2.32. The second kappa shape index (κ2) is 5.96. The minimum Gasteiger partial charge on any atom is -0.508 e. The average molecular weight is 212 g/mol. The standard InChI is InChI=1S/C9H16O2Si2/c1-2-7-12-11-13-9-6-4-3-5-8(9)10/h3-6,10H,2,7,12-13H2,1H3. The van der Waals surface area contributed by atoms with Gasteiger partial charge in [-0.25, -0.2) is 0 Å². The minimum absolute atomic E-state index is 0.298. The minimum atomic E-state index is -0.649. The van der Waals surface area contributed by atoms with Gasteiger partial charge in [-0.2, -0.15) is 0 Å². The van der Waals surface area contributed by atoms with E-state index in [4.69, 9.17) is 4.12 Å². The van der Waals surface area contributed by atoms with Crippen LogP contribution in [0, 0.1) is 0 Å². The molecule has 0 radical (unpaired) electrons. The molecule has 0 unspecified atom stereocenters. The highest BCUT2D eigenvalue weighted by atomic mass is 28.3. The number of para-hydroxylation sites is 1. The first-order chi connectivity index (χ1) is 6.34. The maximum Gasteiger partial charge on any atom is 0.182 e. The van der Waals surface area contributed by atoms with Crippen LogP contribution in [-0.4, -0.2) is 24.6 Å². The third-order valence-electron chi connectivity index (χ3n) is 1.89. The fourth-order valence-electron chi connectivity index (χ4n) is 1.06. The van der Waals surface area contributed by atoms with Gasteiger partial charge in [0.2, 0.25) is 0 Å². The quantitative estimate of drug-likeness (QED) is 0.551. The van der Waals surface area contributed by atoms with Gasteiger partial charge in [-0.15, -0.1) is 0 Å². The Hall–Kier alpha value is -0.586. The smallest absolute Gasteiger partial charge is 0.182 e. The summed E-state index contributed by atoms with van der Waals surface area (Å²) in [6, 6.07) is 8.74. The molecule has 13 heavy (non-hydrogen) atoms. The summed E-state index contributed by atoms with van der Waals surface area (Å²) in [5.74, 6) is 0.402. The second-order valence-electron chi connectivity index (χ2n) is 3.03. The summed E-state index contributed by atoms with van der Waals surface area (Å²) in [7, 11) is -0.947. The molecule has 1 aromatic carbocycles. The van der Waals surface area contributed by atoms with Crippen LogP contribution in [0.4, 0.5) is 0 Å². The van der Waals surface area contributed by atoms with Gasteiger partial charge >= 0.3 is 0 Å². The SMILES string of the molecule is CCC[SiH2]O[SiH2]c1ccccc1O. The number of phenolic OH excluding ortho intramolecular Hbond substituents is 1. The van der Waals surface area contributed by atoms with Crippen molar-refractivity contribution in [3.63, 3.8) is 0 Å². The van der Waals surface area contributed by atoms with Crippen LogP contribution in [-0.2, 0) is 4.12 Å². The largest absolute Gasteiger partial charge is 0.508 e. The lowest BCUT2D eigenvalue weighted by molar-refractivity contribution is 0.478. The van der Waals surface area contributed by atoms with Crippen molar-refractivity contribution in [3.05, 3.63) is 24.3 Å². The number of aromatic hydroxyl groups is 1. The molecule has 0 fully saturated rings. The Labute approximate surface area is 83.8 Å². The highest BCUT2D eigenvalue weighted by Crippen LogP contribution is 2.01. The predicted octanol–water partition coefficient (Wildman–Crippen LogP) is 0.0300. The summed E-state index contributed by atoms with van der Waals surface area (Å²) >= 11 is 0. The van der Waals surface area contributed by atoms with Crippen molar-refractivity contribution in [1.29, 1.82) is 0 Å². The first-order valence-electron chi connectivity index (χ1n) is 4.69. The van der Waals surface area contributed by atoms with E-state index in [0.717, 1.165) is 5.19 Å². The van der Waals surface area contributed by atoms with E-state index < -0.39 is 9.76 Å². The molecule has 0 atom stereocenters. The van der Waals surface area contributed by atoms with Crippen molar-refractivity contribution in [1.82, 2.24) is 0 Å². The zero-order valence-electron chi connectivity index (χ0n) is 7.99. The highest BCUT2D eigenvalue weighted by Gasteiger charge is 1.99. The summed E-state index contributed by atoms with van der Waals surface area (Å²) < 4.78 is 5.66. The second-order valence-corrected chi connectivity index (χ2v) is 6.83. The van der Waals surface area contributed by atoms with Crippen molar-refractivity contribution in [2.75, 3.05) is 0 Å². The Kier molecular flexibility index (Phi) is 4.81. The van der Waals surface area contributed by atoms with E-state index in [1.54, 1.807) is 6.07 Å². The summed E-state index contributed by atoms with van der Waals surface area (Å²) in [6.07, 6.45) is 1.22. The molecule has 0 saturated carbocycles. The van der Waals surface area contributed by atoms with Gasteiger partial charge in [0.15, 0.2) is 9.76 Å². The van der Waals surface area contributed by atoms with Crippen LogP contribution >= 0.6 is 0 Å². The predicted molar refractivity (Wildman–Crippen MR) is 61.0 cm³/mol. The molecule has 0 aliphatic rings. The molecule has 0 heterocycles. The number of hydrogen-bond donors (Lipinski definition) is 1. The normalized spacial score (nSPS) is 12.1. The Morgan fingerprint density at radius 3 is 2.85 bits per heavy atom. The first kappa shape index (κ1) is 10.5. The molecule has 1 rings (SSSR count). The molecule has 0 amide bonds. The number of rotatable bonds is 5. The molecule has 1 N–H and O–H groups in total. The van der Waals surface area contributed by atoms with Crippen molar-refractivity contribution in [2.24, 2.45) is 0 Å². The molecule has 72 valence electrons. The summed E-state index contributed by atoms with van der Waals surface area (Å²) in [4.78, 5) is 0. The lowest BCUT2D eigenvalue weighted by atomic mass is 10.3. The molecule has 0 bridgehead atoms. The van der Waals surface area contributed by atoms with Gasteiger partial charge in [0.1, 0.15) is 15.5 Å². The maximum atomic E-state index is 9.44. The van der Waals surface area contributed by atoms with E-state index in [1.807, 2.05) is 18.2 Å². The summed E-state index contributed by atoms with van der Waals surface area (Å²) in [5.41, 5.74) is 0. The van der Waals surface area contributed by atoms with E-state index in [1.165, 1.54) is 12.5 Å². The monoisotopic (exact) mass is 212 g/mol. The summed E-state index contributed by atoms with van der Waals surface area (Å²) in [6.45, 7) is 2.18. The zero-order valence-corrected chi connectivity index (χ0v) is 10.8. The van der Waals surface area contributed by atoms with Crippen LogP contribution in [0.15, 0.2) is 24.3 Å². The van der Waals surface area contributed by atoms with E-state index >= 15 is 0 Å². The van der Waals surface area contributed by atoms with Crippen LogP contribution in [0.25, 0.3) is 0 Å². The van der Waals surface area contributed by atoms with E-state index in [2.05, 4.69) is 6.92 Å². The van der Waals surface area contributed by atoms with E-state index in [0.29, 0.717) is 5.75 Å². The summed E-state index contributed by atoms with van der Waals surface area (Å²) in [5, 5.41) is 10.5. The fourth-order valence-corrected chi connectivity index (χ4v) is 4.12. The Morgan fingerprint density at radius 1 is 1.38 bits per heavy atom. The van der Waals surface area contributed by atoms with Gasteiger partial charge in [-0.05, 0) is 12.1 Å². The van der Waals surface area contributed by atoms with Crippen molar-refractivity contribution in [2.45, 2.75) is 19.4 Å². The molecule has 1 aromatic rings. The lowest BCUT2D eigenvalue weighted by Gasteiger charge is -2.04. The van der Waals surface area contributed by atoms with Gasteiger partial charge < -0.3 is 9.22 Å². The molecule has 0 aliphatic heterocycles. The van der Waals surface area contributed by atoms with Gasteiger partial charge in [0.25, 0.3) is 0 Å². The van der Waals surface area contributed by atoms with Crippen LogP contribution in [0.1, 0.15) is 13.3 Å². The fraction of sp³-hybridized carbons (Fsp3) is 0.333. The third kappa shape index (κ3) is 3.75. The van der Waals surface area contributed by atoms with E-state index in [9.17, 15) is 5.11 Å². The molecule has 4 heteroatoms. The number of phenols is 1. The molecular weight excluding hydrogens is 196 g/mol. The lowest BCUT2D eigenvalue weighted by Crippen LogP contribution is -2.19. The van der Waals surface area contributed by atoms with Crippen LogP contribution < -0.4 is 5.19 Å². The van der Waals surface area contributed by atoms with Gasteiger partial charge in [0.05, 0.1) is 0 Å². The number of benzene rings is 1. The molecule has 0 saturated heterocycles. The molecule has 0 spiro atoms. The molecule has 0 aromatic heterocycles. The first-order valence-corrected chi connectivity index (χ1v) is 7.55.